The molecule has 0 nitrogen and oxygen atoms in total. The van der Waals surface area contributed by atoms with E-state index in [9.17, 15) is 0 Å². The van der Waals surface area contributed by atoms with Gasteiger partial charge in [-0.2, -0.15) is 0 Å². The maximum absolute atomic E-state index is 4.94. The summed E-state index contributed by atoms with van der Waals surface area (Å²) in [4.78, 5) is 0. The molecule has 0 aromatic rings. The van der Waals surface area contributed by atoms with E-state index in [1.807, 2.05) is 0 Å². The van der Waals surface area contributed by atoms with Gasteiger partial charge in [-0.1, -0.05) is 0 Å². The molecule has 0 radical (unpaired) electrons. The van der Waals surface area contributed by atoms with Gasteiger partial charge in [0.25, 0.3) is 0 Å². The molecule has 0 aromatic carbocycles. The van der Waals surface area contributed by atoms with E-state index in [-0.39, 0.29) is 28.2 Å². The van der Waals surface area contributed by atoms with Crippen molar-refractivity contribution in [2.45, 2.75) is 0 Å². The third-order valence-corrected chi connectivity index (χ3v) is 0. The van der Waals surface area contributed by atoms with E-state index in [2.05, 4.69) is 0 Å². The van der Waals surface area contributed by atoms with Crippen LogP contribution in [0.25, 0.3) is 0 Å². The highest BCUT2D eigenvalue weighted by atomic mass is 35.8. The largest absolute Gasteiger partial charge is 0.643 e. The molecule has 10 heavy (non-hydrogen) atoms. The third kappa shape index (κ3) is 593. The smallest absolute Gasteiger partial charge is 0.269 e. The van der Waals surface area contributed by atoms with Gasteiger partial charge in [-0.3, -0.25) is 28.2 Å². The number of rotatable bonds is 0. The lowest BCUT2D eigenvalue weighted by molar-refractivity contribution is 1.11. The van der Waals surface area contributed by atoms with Crippen LogP contribution in [-0.4, -0.2) is 11.4 Å². The first kappa shape index (κ1) is 69.0. The minimum atomic E-state index is -1.72. The topological polar surface area (TPSA) is 0 Å². The van der Waals surface area contributed by atoms with E-state index < -0.39 is 11.4 Å². The predicted molar refractivity (Wildman–Crippen MR) is 38.3 cm³/mol. The highest BCUT2D eigenvalue weighted by Gasteiger charge is 2.00. The molecule has 0 fully saturated rings. The van der Waals surface area contributed by atoms with Crippen LogP contribution in [0.3, 0.4) is 0 Å². The molecule has 0 bridgehead atoms. The van der Waals surface area contributed by atoms with E-state index in [0.717, 1.165) is 0 Å². The Kier molecular flexibility index (Phi) is 350. The summed E-state index contributed by atoms with van der Waals surface area (Å²) in [5.74, 6) is 0. The van der Waals surface area contributed by atoms with Gasteiger partial charge >= 0.3 is 11.4 Å². The first-order chi connectivity index (χ1) is 1.73. The molecule has 0 unspecified atom stereocenters. The molecule has 0 aliphatic rings. The second-order valence-corrected chi connectivity index (χ2v) is 6.68. The Labute approximate surface area is 70.0 Å². The molecule has 0 atom stereocenters. The first-order valence-corrected chi connectivity index (χ1v) is 5.89. The van der Waals surface area contributed by atoms with E-state index in [1.165, 1.54) is 0 Å². The quantitative estimate of drug-likeness (QED) is 0.460. The van der Waals surface area contributed by atoms with E-state index in [4.69, 9.17) is 30.1 Å². The summed E-state index contributed by atoms with van der Waals surface area (Å²) in [6.07, 6.45) is 0. The molecule has 0 aliphatic heterocycles. The Morgan fingerprint density at radius 3 is 0.500 bits per heavy atom. The van der Waals surface area contributed by atoms with Gasteiger partial charge in [0.15, 0.2) is 0 Å². The van der Waals surface area contributed by atoms with Gasteiger partial charge in [-0.15, -0.1) is 0 Å². The molecule has 0 aromatic heterocycles. The van der Waals surface area contributed by atoms with Gasteiger partial charge in [0.05, 0.1) is 0 Å². The van der Waals surface area contributed by atoms with Crippen molar-refractivity contribution >= 4 is 41.5 Å². The fraction of sp³-hybridized carbons (Fsp3) is 0. The fourth-order valence-corrected chi connectivity index (χ4v) is 0. The van der Waals surface area contributed by atoms with Crippen molar-refractivity contribution < 1.29 is 28.2 Å². The van der Waals surface area contributed by atoms with Crippen LogP contribution in [0, 0.1) is 0 Å². The van der Waals surface area contributed by atoms with Crippen molar-refractivity contribution in [2.75, 3.05) is 0 Å². The molecule has 10 heteroatoms. The molecule has 0 saturated heterocycles. The second kappa shape index (κ2) is 50.8. The lowest BCUT2D eigenvalue weighted by Crippen LogP contribution is -1.66. The van der Waals surface area contributed by atoms with Crippen molar-refractivity contribution in [2.24, 2.45) is 0 Å². The van der Waals surface area contributed by atoms with Crippen molar-refractivity contribution in [3.05, 3.63) is 0 Å². The highest BCUT2D eigenvalue weighted by Crippen LogP contribution is 1.97. The number of halogens is 9. The summed E-state index contributed by atoms with van der Waals surface area (Å²) in [6, 6.07) is 0. The summed E-state index contributed by atoms with van der Waals surface area (Å²) in [5, 5.41) is 0. The maximum Gasteiger partial charge on any atom is 0.643 e. The fourth-order valence-electron chi connectivity index (χ4n) is 0. The number of hydrogen-bond acceptors (Lipinski definition) is 0. The van der Waals surface area contributed by atoms with Crippen molar-refractivity contribution in [3.63, 3.8) is 0 Å². The van der Waals surface area contributed by atoms with Gasteiger partial charge in [-0.25, -0.2) is 30.1 Å². The average molecular weight is 253 g/mol. The SMILES string of the molecule is F.F.F.F.F.F.[Cl][Al]([Cl])[Cl]. The molecular formula is H6AlCl3F6. The molecule has 0 N–H and O–H groups in total. The zero-order chi connectivity index (χ0) is 3.58. The summed E-state index contributed by atoms with van der Waals surface area (Å²) < 4.78 is 0. The second-order valence-electron chi connectivity index (χ2n) is 0.247. The van der Waals surface area contributed by atoms with Crippen molar-refractivity contribution in [1.82, 2.24) is 0 Å². The Morgan fingerprint density at radius 1 is 0.500 bits per heavy atom. The Balaban J connectivity index is -0.00000000300. The Hall–Kier alpha value is 0.982. The minimum Gasteiger partial charge on any atom is -0.269 e. The van der Waals surface area contributed by atoms with Gasteiger partial charge in [0.1, 0.15) is 0 Å². The average Bonchev–Trinajstić information content (AvgIpc) is 0.811. The van der Waals surface area contributed by atoms with Gasteiger partial charge in [0, 0.05) is 0 Å². The van der Waals surface area contributed by atoms with Crippen LogP contribution in [0.1, 0.15) is 0 Å². The Bertz CT molecular complexity index is 17.7. The van der Waals surface area contributed by atoms with Crippen LogP contribution in [0.5, 0.6) is 0 Å². The summed E-state index contributed by atoms with van der Waals surface area (Å²) >= 11 is -1.72. The van der Waals surface area contributed by atoms with Crippen LogP contribution in [0.15, 0.2) is 0 Å². The zero-order valence-electron chi connectivity index (χ0n) is 4.16. The summed E-state index contributed by atoms with van der Waals surface area (Å²) in [5.41, 5.74) is 0. The van der Waals surface area contributed by atoms with Crippen LogP contribution in [0.2, 0.25) is 0 Å². The molecule has 0 saturated carbocycles. The molecule has 0 amide bonds. The van der Waals surface area contributed by atoms with Gasteiger partial charge in [0.2, 0.25) is 0 Å². The lowest BCUT2D eigenvalue weighted by Gasteiger charge is -1.57. The van der Waals surface area contributed by atoms with Gasteiger partial charge < -0.3 is 0 Å². The molecule has 0 spiro atoms. The maximum atomic E-state index is 4.94. The van der Waals surface area contributed by atoms with E-state index in [0.29, 0.717) is 0 Å². The minimum absolute atomic E-state index is 0. The molecule has 0 rings (SSSR count). The normalized spacial score (nSPS) is 2.70. The van der Waals surface area contributed by atoms with E-state index in [1.54, 1.807) is 0 Å². The van der Waals surface area contributed by atoms with E-state index >= 15 is 0 Å². The number of hydrogen-bond donors (Lipinski definition) is 0. The Morgan fingerprint density at radius 2 is 0.500 bits per heavy atom. The van der Waals surface area contributed by atoms with Crippen molar-refractivity contribution in [1.29, 1.82) is 0 Å². The van der Waals surface area contributed by atoms with Crippen molar-refractivity contribution in [3.8, 4) is 0 Å². The van der Waals surface area contributed by atoms with Crippen LogP contribution < -0.4 is 0 Å². The zero-order valence-corrected chi connectivity index (χ0v) is 7.58. The molecular weight excluding hydrogens is 247 g/mol. The van der Waals surface area contributed by atoms with Crippen LogP contribution in [-0.2, 0) is 0 Å². The third-order valence-electron chi connectivity index (χ3n) is 0. The van der Waals surface area contributed by atoms with Crippen LogP contribution >= 0.6 is 30.1 Å². The highest BCUT2D eigenvalue weighted by molar-refractivity contribution is 7.54. The molecule has 0 heterocycles. The molecule has 0 aliphatic carbocycles. The van der Waals surface area contributed by atoms with Gasteiger partial charge in [-0.05, 0) is 0 Å². The lowest BCUT2D eigenvalue weighted by atomic mass is 19.0. The summed E-state index contributed by atoms with van der Waals surface area (Å²) in [6.45, 7) is 0. The van der Waals surface area contributed by atoms with Crippen LogP contribution in [0.4, 0.5) is 28.2 Å². The molecule has 72 valence electrons. The first-order valence-electron chi connectivity index (χ1n) is 0.655. The predicted octanol–water partition coefficient (Wildman–Crippen LogP) is 2.60. The monoisotopic (exact) mass is 252 g/mol. The summed E-state index contributed by atoms with van der Waals surface area (Å²) in [7, 11) is 14.8. The standard InChI is InChI=1S/Al.3ClH.6FH/h;9*1H/q+3;;;;;;;;;/p-3.